The Bertz CT molecular complexity index is 723. The molecule has 1 amide bonds. The summed E-state index contributed by atoms with van der Waals surface area (Å²) in [5, 5.41) is 2.80. The molecule has 1 aliphatic rings. The summed E-state index contributed by atoms with van der Waals surface area (Å²) in [7, 11) is 0.0768. The number of hydrogen-bond acceptors (Lipinski definition) is 5. The summed E-state index contributed by atoms with van der Waals surface area (Å²) >= 11 is 0. The fourth-order valence-corrected chi connectivity index (χ4v) is 5.00. The van der Waals surface area contributed by atoms with Gasteiger partial charge in [-0.15, -0.1) is 0 Å². The van der Waals surface area contributed by atoms with E-state index in [1.54, 1.807) is 31.0 Å². The minimum atomic E-state index is -3.07. The summed E-state index contributed by atoms with van der Waals surface area (Å²) in [6.45, 7) is 2.24. The number of halogens is 1. The van der Waals surface area contributed by atoms with Gasteiger partial charge in [0, 0.05) is 6.54 Å². The second-order valence-corrected chi connectivity index (χ2v) is 8.78. The summed E-state index contributed by atoms with van der Waals surface area (Å²) in [4.78, 5) is 13.9. The number of likely N-dealkylation sites (N-methyl/N-ethyl adjacent to an activating group) is 1. The zero-order valence-electron chi connectivity index (χ0n) is 14.1. The van der Waals surface area contributed by atoms with Gasteiger partial charge in [-0.3, -0.25) is 9.69 Å². The van der Waals surface area contributed by atoms with Gasteiger partial charge in [0.15, 0.2) is 21.4 Å². The zero-order chi connectivity index (χ0) is 18.0. The highest BCUT2D eigenvalue weighted by Crippen LogP contribution is 2.23. The van der Waals surface area contributed by atoms with Crippen molar-refractivity contribution >= 4 is 15.7 Å². The summed E-state index contributed by atoms with van der Waals surface area (Å²) < 4.78 is 41.7. The Hall–Kier alpha value is -1.67. The fraction of sp³-hybridized carbons (Fsp3) is 0.562. The Morgan fingerprint density at radius 2 is 2.17 bits per heavy atom. The van der Waals surface area contributed by atoms with E-state index in [0.29, 0.717) is 13.0 Å². The van der Waals surface area contributed by atoms with Gasteiger partial charge >= 0.3 is 0 Å². The Kier molecular flexibility index (Phi) is 5.49. The third-order valence-corrected chi connectivity index (χ3v) is 5.93. The molecule has 1 N–H and O–H groups in total. The number of sulfone groups is 1. The van der Waals surface area contributed by atoms with Crippen molar-refractivity contribution in [2.24, 2.45) is 0 Å². The number of carbonyl (C=O) groups is 1. The SMILES string of the molecule is COc1ccc(CN(C)CC(=O)N[C@]2(C)CCS(=O)(=O)C2)cc1F. The predicted molar refractivity (Wildman–Crippen MR) is 89.1 cm³/mol. The maximum Gasteiger partial charge on any atom is 0.234 e. The van der Waals surface area contributed by atoms with Gasteiger partial charge in [-0.05, 0) is 38.1 Å². The van der Waals surface area contributed by atoms with Crippen LogP contribution in [-0.4, -0.2) is 57.0 Å². The van der Waals surface area contributed by atoms with E-state index in [1.807, 2.05) is 0 Å². The molecule has 24 heavy (non-hydrogen) atoms. The number of nitrogens with one attached hydrogen (secondary N) is 1. The maximum atomic E-state index is 13.7. The van der Waals surface area contributed by atoms with Gasteiger partial charge in [-0.1, -0.05) is 6.07 Å². The monoisotopic (exact) mass is 358 g/mol. The zero-order valence-corrected chi connectivity index (χ0v) is 15.0. The minimum absolute atomic E-state index is 0.0286. The van der Waals surface area contributed by atoms with Crippen molar-refractivity contribution in [2.75, 3.05) is 32.2 Å². The van der Waals surface area contributed by atoms with E-state index in [-0.39, 0.29) is 29.7 Å². The molecule has 0 aromatic heterocycles. The van der Waals surface area contributed by atoms with Gasteiger partial charge in [-0.25, -0.2) is 12.8 Å². The quantitative estimate of drug-likeness (QED) is 0.820. The van der Waals surface area contributed by atoms with E-state index in [4.69, 9.17) is 4.74 Å². The summed E-state index contributed by atoms with van der Waals surface area (Å²) in [6.07, 6.45) is 0.425. The number of rotatable bonds is 6. The molecule has 1 saturated heterocycles. The second kappa shape index (κ2) is 7.06. The molecule has 134 valence electrons. The van der Waals surface area contributed by atoms with Crippen molar-refractivity contribution in [3.8, 4) is 5.75 Å². The average molecular weight is 358 g/mol. The number of amides is 1. The lowest BCUT2D eigenvalue weighted by Gasteiger charge is -2.25. The molecule has 0 aliphatic carbocycles. The van der Waals surface area contributed by atoms with Crippen LogP contribution in [0.1, 0.15) is 18.9 Å². The number of benzene rings is 1. The lowest BCUT2D eigenvalue weighted by Crippen LogP contribution is -2.49. The molecule has 0 spiro atoms. The molecule has 1 atom stereocenters. The first-order valence-electron chi connectivity index (χ1n) is 7.65. The van der Waals surface area contributed by atoms with E-state index in [1.165, 1.54) is 13.2 Å². The van der Waals surface area contributed by atoms with Crippen LogP contribution in [0.3, 0.4) is 0 Å². The molecular weight excluding hydrogens is 335 g/mol. The van der Waals surface area contributed by atoms with E-state index in [0.717, 1.165) is 5.56 Å². The maximum absolute atomic E-state index is 13.7. The molecule has 8 heteroatoms. The van der Waals surface area contributed by atoms with Crippen molar-refractivity contribution in [3.63, 3.8) is 0 Å². The summed E-state index contributed by atoms with van der Waals surface area (Å²) in [5.41, 5.74) is 0.0152. The number of hydrogen-bond donors (Lipinski definition) is 1. The lowest BCUT2D eigenvalue weighted by molar-refractivity contribution is -0.123. The molecule has 0 radical (unpaired) electrons. The number of ether oxygens (including phenoxy) is 1. The van der Waals surface area contributed by atoms with Crippen molar-refractivity contribution in [3.05, 3.63) is 29.6 Å². The highest BCUT2D eigenvalue weighted by atomic mass is 32.2. The molecular formula is C16H23FN2O4S. The molecule has 0 bridgehead atoms. The molecule has 2 rings (SSSR count). The third-order valence-electron chi connectivity index (χ3n) is 4.03. The summed E-state index contributed by atoms with van der Waals surface area (Å²) in [5.74, 6) is -0.443. The molecule has 1 aromatic carbocycles. The molecule has 1 fully saturated rings. The molecule has 0 unspecified atom stereocenters. The van der Waals surface area contributed by atoms with Crippen LogP contribution in [0.5, 0.6) is 5.75 Å². The van der Waals surface area contributed by atoms with Crippen LogP contribution in [-0.2, 0) is 21.2 Å². The second-order valence-electron chi connectivity index (χ2n) is 6.59. The van der Waals surface area contributed by atoms with E-state index in [2.05, 4.69) is 5.32 Å². The Balaban J connectivity index is 1.89. The topological polar surface area (TPSA) is 75.7 Å². The standard InChI is InChI=1S/C16H23FN2O4S/c1-16(6-7-24(21,22)11-16)18-15(20)10-19(2)9-12-4-5-14(23-3)13(17)8-12/h4-5,8H,6-7,9-11H2,1-3H3,(H,18,20)/t16-/m1/s1. The van der Waals surface area contributed by atoms with Gasteiger partial charge in [0.1, 0.15) is 0 Å². The first-order chi connectivity index (χ1) is 11.1. The largest absolute Gasteiger partial charge is 0.494 e. The van der Waals surface area contributed by atoms with Crippen LogP contribution in [0.2, 0.25) is 0 Å². The van der Waals surface area contributed by atoms with Crippen LogP contribution in [0.25, 0.3) is 0 Å². The van der Waals surface area contributed by atoms with Crippen LogP contribution in [0.4, 0.5) is 4.39 Å². The molecule has 1 aliphatic heterocycles. The lowest BCUT2D eigenvalue weighted by atomic mass is 10.0. The van der Waals surface area contributed by atoms with Crippen LogP contribution < -0.4 is 10.1 Å². The van der Waals surface area contributed by atoms with Gasteiger partial charge in [0.25, 0.3) is 0 Å². The first-order valence-corrected chi connectivity index (χ1v) is 9.47. The van der Waals surface area contributed by atoms with E-state index < -0.39 is 21.2 Å². The van der Waals surface area contributed by atoms with Gasteiger partial charge in [-0.2, -0.15) is 0 Å². The van der Waals surface area contributed by atoms with E-state index in [9.17, 15) is 17.6 Å². The van der Waals surface area contributed by atoms with Gasteiger partial charge in [0.05, 0.1) is 30.7 Å². The van der Waals surface area contributed by atoms with Crippen molar-refractivity contribution < 1.29 is 22.3 Å². The Labute approximate surface area is 141 Å². The number of carbonyl (C=O) groups excluding carboxylic acids is 1. The fourth-order valence-electron chi connectivity index (χ4n) is 2.91. The van der Waals surface area contributed by atoms with Crippen LogP contribution in [0, 0.1) is 5.82 Å². The van der Waals surface area contributed by atoms with Gasteiger partial charge in [0.2, 0.25) is 5.91 Å². The molecule has 1 aromatic rings. The normalized spacial score (nSPS) is 22.5. The molecule has 1 heterocycles. The number of methoxy groups -OCH3 is 1. The summed E-state index contributed by atoms with van der Waals surface area (Å²) in [6, 6.07) is 4.66. The van der Waals surface area contributed by atoms with Crippen molar-refractivity contribution in [1.29, 1.82) is 0 Å². The highest BCUT2D eigenvalue weighted by Gasteiger charge is 2.39. The van der Waals surface area contributed by atoms with Crippen LogP contribution >= 0.6 is 0 Å². The Morgan fingerprint density at radius 1 is 1.46 bits per heavy atom. The third kappa shape index (κ3) is 4.91. The highest BCUT2D eigenvalue weighted by molar-refractivity contribution is 7.91. The minimum Gasteiger partial charge on any atom is -0.494 e. The van der Waals surface area contributed by atoms with Crippen LogP contribution in [0.15, 0.2) is 18.2 Å². The molecule has 6 nitrogen and oxygen atoms in total. The van der Waals surface area contributed by atoms with Gasteiger partial charge < -0.3 is 10.1 Å². The average Bonchev–Trinajstić information content (AvgIpc) is 2.71. The first kappa shape index (κ1) is 18.7. The van der Waals surface area contributed by atoms with E-state index >= 15 is 0 Å². The Morgan fingerprint density at radius 3 is 2.71 bits per heavy atom. The number of nitrogens with zero attached hydrogens (tertiary/aromatic N) is 1. The predicted octanol–water partition coefficient (Wildman–Crippen LogP) is 0.959. The molecule has 0 saturated carbocycles. The smallest absolute Gasteiger partial charge is 0.234 e. The van der Waals surface area contributed by atoms with Crippen molar-refractivity contribution in [2.45, 2.75) is 25.4 Å². The van der Waals surface area contributed by atoms with Crippen molar-refractivity contribution in [1.82, 2.24) is 10.2 Å².